The Morgan fingerprint density at radius 3 is 2.47 bits per heavy atom. The summed E-state index contributed by atoms with van der Waals surface area (Å²) >= 11 is 0. The van der Waals surface area contributed by atoms with E-state index >= 15 is 0 Å². The normalized spacial score (nSPS) is 24.3. The summed E-state index contributed by atoms with van der Waals surface area (Å²) in [6.07, 6.45) is 3.57. The zero-order valence-corrected chi connectivity index (χ0v) is 13.6. The highest BCUT2D eigenvalue weighted by Crippen LogP contribution is 2.24. The van der Waals surface area contributed by atoms with Gasteiger partial charge < -0.3 is 15.3 Å². The average Bonchev–Trinajstić information content (AvgIpc) is 2.77. The van der Waals surface area contributed by atoms with Gasteiger partial charge in [0.2, 0.25) is 0 Å². The minimum Gasteiger partial charge on any atom is -0.394 e. The first-order valence-electron chi connectivity index (χ1n) is 7.97. The Morgan fingerprint density at radius 2 is 2.00 bits per heavy atom. The maximum Gasteiger partial charge on any atom is 0.0610 e. The van der Waals surface area contributed by atoms with Gasteiger partial charge in [0.15, 0.2) is 0 Å². The molecule has 0 aromatic rings. The molecule has 1 saturated heterocycles. The second kappa shape index (κ2) is 7.61. The van der Waals surface area contributed by atoms with E-state index in [9.17, 15) is 5.11 Å². The molecule has 3 nitrogen and oxygen atoms in total. The van der Waals surface area contributed by atoms with Crippen LogP contribution in [0.1, 0.15) is 53.9 Å². The van der Waals surface area contributed by atoms with Crippen LogP contribution < -0.4 is 5.32 Å². The molecule has 0 aromatic carbocycles. The Kier molecular flexibility index (Phi) is 6.78. The number of hydrogen-bond donors (Lipinski definition) is 2. The number of aliphatic hydroxyl groups excluding tert-OH is 1. The second-order valence-corrected chi connectivity index (χ2v) is 7.21. The first-order chi connectivity index (χ1) is 8.86. The van der Waals surface area contributed by atoms with Crippen LogP contribution in [0.2, 0.25) is 0 Å². The lowest BCUT2D eigenvalue weighted by Gasteiger charge is -2.32. The van der Waals surface area contributed by atoms with Crippen molar-refractivity contribution in [2.24, 2.45) is 11.8 Å². The van der Waals surface area contributed by atoms with Crippen molar-refractivity contribution < 1.29 is 5.11 Å². The standard InChI is InChI=1S/C16H34N2O/c1-13(2)15-7-10-18(11-15)9-6-8-16(5,12-19)17-14(3)4/h13-15,17,19H,6-12H2,1-5H3. The predicted octanol–water partition coefficient (Wildman–Crippen LogP) is 2.49. The van der Waals surface area contributed by atoms with E-state index in [2.05, 4.69) is 44.8 Å². The molecule has 1 heterocycles. The highest BCUT2D eigenvalue weighted by Gasteiger charge is 2.26. The van der Waals surface area contributed by atoms with E-state index in [-0.39, 0.29) is 12.1 Å². The highest BCUT2D eigenvalue weighted by molar-refractivity contribution is 4.85. The lowest BCUT2D eigenvalue weighted by Crippen LogP contribution is -2.49. The molecular formula is C16H34N2O. The third-order valence-electron chi connectivity index (χ3n) is 4.44. The van der Waals surface area contributed by atoms with Crippen LogP contribution in [-0.2, 0) is 0 Å². The summed E-state index contributed by atoms with van der Waals surface area (Å²) in [6, 6.07) is 0.425. The van der Waals surface area contributed by atoms with Crippen molar-refractivity contribution in [3.8, 4) is 0 Å². The van der Waals surface area contributed by atoms with Gasteiger partial charge in [0.25, 0.3) is 0 Å². The lowest BCUT2D eigenvalue weighted by molar-refractivity contribution is 0.149. The molecular weight excluding hydrogens is 236 g/mol. The minimum absolute atomic E-state index is 0.120. The maximum absolute atomic E-state index is 9.56. The third kappa shape index (κ3) is 5.80. The summed E-state index contributed by atoms with van der Waals surface area (Å²) in [7, 11) is 0. The van der Waals surface area contributed by atoms with E-state index in [0.29, 0.717) is 6.04 Å². The van der Waals surface area contributed by atoms with Crippen molar-refractivity contribution in [1.29, 1.82) is 0 Å². The summed E-state index contributed by atoms with van der Waals surface area (Å²) in [4.78, 5) is 2.60. The van der Waals surface area contributed by atoms with Crippen molar-refractivity contribution in [1.82, 2.24) is 10.2 Å². The summed E-state index contributed by atoms with van der Waals surface area (Å²) in [5, 5.41) is 13.1. The number of hydrogen-bond acceptors (Lipinski definition) is 3. The molecule has 0 spiro atoms. The van der Waals surface area contributed by atoms with E-state index in [0.717, 1.165) is 18.3 Å². The van der Waals surface area contributed by atoms with E-state index in [1.165, 1.54) is 32.5 Å². The van der Waals surface area contributed by atoms with Gasteiger partial charge in [-0.15, -0.1) is 0 Å². The monoisotopic (exact) mass is 270 g/mol. The van der Waals surface area contributed by atoms with E-state index in [1.54, 1.807) is 0 Å². The predicted molar refractivity (Wildman–Crippen MR) is 82.4 cm³/mol. The van der Waals surface area contributed by atoms with Gasteiger partial charge in [0.1, 0.15) is 0 Å². The smallest absolute Gasteiger partial charge is 0.0610 e. The van der Waals surface area contributed by atoms with Crippen LogP contribution in [0.3, 0.4) is 0 Å². The SMILES string of the molecule is CC(C)NC(C)(CO)CCCN1CCC(C(C)C)C1. The first-order valence-corrected chi connectivity index (χ1v) is 7.97. The van der Waals surface area contributed by atoms with Gasteiger partial charge in [-0.1, -0.05) is 27.7 Å². The van der Waals surface area contributed by atoms with Crippen LogP contribution in [0.15, 0.2) is 0 Å². The van der Waals surface area contributed by atoms with E-state index in [1.807, 2.05) is 0 Å². The largest absolute Gasteiger partial charge is 0.394 e. The Bertz CT molecular complexity index is 255. The molecule has 0 aliphatic carbocycles. The Morgan fingerprint density at radius 1 is 1.32 bits per heavy atom. The van der Waals surface area contributed by atoms with Gasteiger partial charge in [-0.05, 0) is 51.1 Å². The summed E-state index contributed by atoms with van der Waals surface area (Å²) in [5.74, 6) is 1.70. The van der Waals surface area contributed by atoms with Crippen molar-refractivity contribution in [3.05, 3.63) is 0 Å². The molecule has 0 aromatic heterocycles. The molecule has 2 N–H and O–H groups in total. The number of nitrogens with one attached hydrogen (secondary N) is 1. The van der Waals surface area contributed by atoms with Gasteiger partial charge in [-0.3, -0.25) is 0 Å². The Labute approximate surface area is 119 Å². The molecule has 0 bridgehead atoms. The van der Waals surface area contributed by atoms with E-state index < -0.39 is 0 Å². The molecule has 114 valence electrons. The molecule has 3 heteroatoms. The van der Waals surface area contributed by atoms with Crippen molar-refractivity contribution in [2.45, 2.75) is 65.5 Å². The van der Waals surface area contributed by atoms with Crippen LogP contribution in [0.25, 0.3) is 0 Å². The zero-order chi connectivity index (χ0) is 14.5. The van der Waals surface area contributed by atoms with Gasteiger partial charge >= 0.3 is 0 Å². The molecule has 2 atom stereocenters. The van der Waals surface area contributed by atoms with Crippen molar-refractivity contribution >= 4 is 0 Å². The fourth-order valence-electron chi connectivity index (χ4n) is 3.20. The quantitative estimate of drug-likeness (QED) is 0.711. The minimum atomic E-state index is -0.120. The maximum atomic E-state index is 9.56. The molecule has 19 heavy (non-hydrogen) atoms. The second-order valence-electron chi connectivity index (χ2n) is 7.21. The van der Waals surface area contributed by atoms with Crippen LogP contribution in [-0.4, -0.2) is 47.8 Å². The van der Waals surface area contributed by atoms with Gasteiger partial charge in [0.05, 0.1) is 6.61 Å². The molecule has 0 radical (unpaired) electrons. The number of rotatable bonds is 8. The molecule has 1 aliphatic rings. The third-order valence-corrected chi connectivity index (χ3v) is 4.44. The number of nitrogens with zero attached hydrogens (tertiary/aromatic N) is 1. The lowest BCUT2D eigenvalue weighted by atomic mass is 9.95. The fraction of sp³-hybridized carbons (Fsp3) is 1.00. The highest BCUT2D eigenvalue weighted by atomic mass is 16.3. The Balaban J connectivity index is 2.26. The molecule has 1 fully saturated rings. The van der Waals surface area contributed by atoms with Crippen LogP contribution in [0, 0.1) is 11.8 Å². The zero-order valence-electron chi connectivity index (χ0n) is 13.6. The van der Waals surface area contributed by atoms with Gasteiger partial charge in [0, 0.05) is 18.1 Å². The topological polar surface area (TPSA) is 35.5 Å². The molecule has 0 amide bonds. The van der Waals surface area contributed by atoms with E-state index in [4.69, 9.17) is 0 Å². The molecule has 1 aliphatic heterocycles. The first kappa shape index (κ1) is 16.9. The summed E-state index contributed by atoms with van der Waals surface area (Å²) in [5.41, 5.74) is -0.120. The van der Waals surface area contributed by atoms with Crippen LogP contribution in [0.4, 0.5) is 0 Å². The Hall–Kier alpha value is -0.120. The van der Waals surface area contributed by atoms with Crippen LogP contribution in [0.5, 0.6) is 0 Å². The average molecular weight is 270 g/mol. The van der Waals surface area contributed by atoms with Crippen molar-refractivity contribution in [3.63, 3.8) is 0 Å². The van der Waals surface area contributed by atoms with Crippen LogP contribution >= 0.6 is 0 Å². The molecule has 2 unspecified atom stereocenters. The molecule has 0 saturated carbocycles. The van der Waals surface area contributed by atoms with Crippen molar-refractivity contribution in [2.75, 3.05) is 26.2 Å². The van der Waals surface area contributed by atoms with Gasteiger partial charge in [-0.25, -0.2) is 0 Å². The summed E-state index contributed by atoms with van der Waals surface area (Å²) in [6.45, 7) is 15.0. The number of likely N-dealkylation sites (tertiary alicyclic amines) is 1. The molecule has 1 rings (SSSR count). The number of aliphatic hydroxyl groups is 1. The summed E-state index contributed by atoms with van der Waals surface area (Å²) < 4.78 is 0. The van der Waals surface area contributed by atoms with Gasteiger partial charge in [-0.2, -0.15) is 0 Å². The fourth-order valence-corrected chi connectivity index (χ4v) is 3.20.